The average Bonchev–Trinajstić information content (AvgIpc) is 3.33. The van der Waals surface area contributed by atoms with Crippen molar-refractivity contribution in [1.29, 1.82) is 0 Å². The summed E-state index contributed by atoms with van der Waals surface area (Å²) in [5, 5.41) is 16.1. The van der Waals surface area contributed by atoms with Crippen LogP contribution in [0, 0.1) is 5.82 Å². The second-order valence-electron chi connectivity index (χ2n) is 6.83. The summed E-state index contributed by atoms with van der Waals surface area (Å²) in [7, 11) is 1.76. The van der Waals surface area contributed by atoms with Gasteiger partial charge in [0.05, 0.1) is 0 Å². The van der Waals surface area contributed by atoms with Crippen molar-refractivity contribution in [3.05, 3.63) is 66.0 Å². The highest BCUT2D eigenvalue weighted by Crippen LogP contribution is 2.19. The number of fused-ring (bicyclic) bond motifs is 2. The zero-order valence-corrected chi connectivity index (χ0v) is 16.3. The van der Waals surface area contributed by atoms with Gasteiger partial charge in [0.15, 0.2) is 11.6 Å². The lowest BCUT2D eigenvalue weighted by Gasteiger charge is -2.11. The third-order valence-electron chi connectivity index (χ3n) is 4.89. The quantitative estimate of drug-likeness (QED) is 0.256. The molecule has 0 bridgehead atoms. The van der Waals surface area contributed by atoms with Gasteiger partial charge in [0.2, 0.25) is 0 Å². The Morgan fingerprint density at radius 1 is 1.14 bits per heavy atom. The summed E-state index contributed by atoms with van der Waals surface area (Å²) in [6.07, 6.45) is 6.49. The summed E-state index contributed by atoms with van der Waals surface area (Å²) in [4.78, 5) is 7.39. The van der Waals surface area contributed by atoms with E-state index in [0.29, 0.717) is 0 Å². The molecule has 0 aliphatic rings. The third kappa shape index (κ3) is 4.37. The van der Waals surface area contributed by atoms with Crippen molar-refractivity contribution in [2.75, 3.05) is 20.1 Å². The number of halogens is 1. The molecular formula is C21H24FN7. The van der Waals surface area contributed by atoms with E-state index in [2.05, 4.69) is 30.8 Å². The Morgan fingerprint density at radius 2 is 2.03 bits per heavy atom. The van der Waals surface area contributed by atoms with Crippen molar-refractivity contribution in [3.8, 4) is 0 Å². The van der Waals surface area contributed by atoms with Crippen LogP contribution in [0.2, 0.25) is 0 Å². The maximum Gasteiger partial charge on any atom is 0.190 e. The van der Waals surface area contributed by atoms with Gasteiger partial charge in [0, 0.05) is 49.9 Å². The Bertz CT molecular complexity index is 1130. The van der Waals surface area contributed by atoms with E-state index in [-0.39, 0.29) is 5.82 Å². The number of hydrogen-bond donors (Lipinski definition) is 3. The van der Waals surface area contributed by atoms with Gasteiger partial charge in [0.1, 0.15) is 11.6 Å². The summed E-state index contributed by atoms with van der Waals surface area (Å²) in [6.45, 7) is 1.52. The summed E-state index contributed by atoms with van der Waals surface area (Å²) in [5.41, 5.74) is 2.85. The Morgan fingerprint density at radius 3 is 2.93 bits per heavy atom. The van der Waals surface area contributed by atoms with Gasteiger partial charge in [-0.2, -0.15) is 0 Å². The summed E-state index contributed by atoms with van der Waals surface area (Å²) in [6, 6.07) is 10.7. The summed E-state index contributed by atoms with van der Waals surface area (Å²) >= 11 is 0. The lowest BCUT2D eigenvalue weighted by atomic mass is 10.1. The number of guanidine groups is 1. The van der Waals surface area contributed by atoms with Crippen molar-refractivity contribution in [1.82, 2.24) is 30.2 Å². The minimum atomic E-state index is -0.229. The van der Waals surface area contributed by atoms with Crippen molar-refractivity contribution in [2.45, 2.75) is 19.3 Å². The highest BCUT2D eigenvalue weighted by molar-refractivity contribution is 5.83. The normalized spacial score (nSPS) is 12.0. The summed E-state index contributed by atoms with van der Waals surface area (Å²) < 4.78 is 15.3. The maximum absolute atomic E-state index is 13.3. The van der Waals surface area contributed by atoms with E-state index in [1.165, 1.54) is 12.1 Å². The maximum atomic E-state index is 13.3. The highest BCUT2D eigenvalue weighted by Gasteiger charge is 2.06. The van der Waals surface area contributed by atoms with Crippen LogP contribution in [-0.2, 0) is 12.8 Å². The zero-order chi connectivity index (χ0) is 20.1. The molecule has 0 atom stereocenters. The fraction of sp³-hybridized carbons (Fsp3) is 0.286. The number of aliphatic imine (C=N–C) groups is 1. The van der Waals surface area contributed by atoms with Crippen LogP contribution in [0.15, 0.2) is 53.8 Å². The number of H-pyrrole nitrogens is 1. The van der Waals surface area contributed by atoms with E-state index in [9.17, 15) is 4.39 Å². The molecular weight excluding hydrogens is 369 g/mol. The Hall–Kier alpha value is -3.42. The molecule has 3 heterocycles. The predicted molar refractivity (Wildman–Crippen MR) is 113 cm³/mol. The Kier molecular flexibility index (Phi) is 5.69. The molecule has 0 saturated heterocycles. The first-order valence-electron chi connectivity index (χ1n) is 9.73. The topological polar surface area (TPSA) is 82.4 Å². The molecule has 3 N–H and O–H groups in total. The monoisotopic (exact) mass is 393 g/mol. The molecule has 3 aromatic heterocycles. The minimum absolute atomic E-state index is 0.229. The predicted octanol–water partition coefficient (Wildman–Crippen LogP) is 2.69. The van der Waals surface area contributed by atoms with Crippen molar-refractivity contribution in [2.24, 2.45) is 4.99 Å². The van der Waals surface area contributed by atoms with E-state index in [1.54, 1.807) is 7.05 Å². The van der Waals surface area contributed by atoms with Crippen LogP contribution in [0.1, 0.15) is 17.8 Å². The zero-order valence-electron chi connectivity index (χ0n) is 16.3. The number of pyridine rings is 1. The molecule has 4 rings (SSSR count). The second kappa shape index (κ2) is 8.72. The molecule has 0 saturated carbocycles. The van der Waals surface area contributed by atoms with E-state index in [0.717, 1.165) is 66.2 Å². The van der Waals surface area contributed by atoms with Crippen LogP contribution in [0.5, 0.6) is 0 Å². The van der Waals surface area contributed by atoms with Crippen LogP contribution in [0.4, 0.5) is 4.39 Å². The van der Waals surface area contributed by atoms with Gasteiger partial charge < -0.3 is 15.6 Å². The number of aromatic amines is 1. The second-order valence-corrected chi connectivity index (χ2v) is 6.83. The largest absolute Gasteiger partial charge is 0.361 e. The fourth-order valence-electron chi connectivity index (χ4n) is 3.42. The van der Waals surface area contributed by atoms with Gasteiger partial charge in [-0.05, 0) is 48.7 Å². The Balaban J connectivity index is 1.22. The molecule has 150 valence electrons. The number of aromatic nitrogens is 4. The molecule has 8 heteroatoms. The molecule has 0 unspecified atom stereocenters. The molecule has 0 radical (unpaired) electrons. The summed E-state index contributed by atoms with van der Waals surface area (Å²) in [5.74, 6) is 1.50. The Labute approximate surface area is 168 Å². The van der Waals surface area contributed by atoms with Gasteiger partial charge >= 0.3 is 0 Å². The minimum Gasteiger partial charge on any atom is -0.361 e. The smallest absolute Gasteiger partial charge is 0.190 e. The molecule has 29 heavy (non-hydrogen) atoms. The number of hydrogen-bond acceptors (Lipinski definition) is 3. The average molecular weight is 393 g/mol. The molecule has 1 aromatic carbocycles. The van der Waals surface area contributed by atoms with E-state index in [1.807, 2.05) is 41.1 Å². The first-order chi connectivity index (χ1) is 14.2. The molecule has 0 aliphatic carbocycles. The van der Waals surface area contributed by atoms with Crippen LogP contribution in [0.25, 0.3) is 16.6 Å². The lowest BCUT2D eigenvalue weighted by molar-refractivity contribution is 0.629. The molecule has 4 aromatic rings. The molecule has 7 nitrogen and oxygen atoms in total. The third-order valence-corrected chi connectivity index (χ3v) is 4.89. The van der Waals surface area contributed by atoms with Crippen LogP contribution >= 0.6 is 0 Å². The van der Waals surface area contributed by atoms with E-state index >= 15 is 0 Å². The number of rotatable bonds is 7. The van der Waals surface area contributed by atoms with Crippen molar-refractivity contribution >= 4 is 22.5 Å². The number of nitrogens with one attached hydrogen (secondary N) is 3. The van der Waals surface area contributed by atoms with E-state index in [4.69, 9.17) is 0 Å². The first-order valence-corrected chi connectivity index (χ1v) is 9.73. The van der Waals surface area contributed by atoms with Crippen LogP contribution < -0.4 is 10.6 Å². The van der Waals surface area contributed by atoms with Crippen LogP contribution in [-0.4, -0.2) is 45.7 Å². The van der Waals surface area contributed by atoms with Gasteiger partial charge in [-0.1, -0.05) is 6.07 Å². The molecule has 0 aliphatic heterocycles. The van der Waals surface area contributed by atoms with Gasteiger partial charge in [0.25, 0.3) is 0 Å². The standard InChI is InChI=1S/C21H24FN7/c1-23-21(24-10-4-6-20-28-27-19-5-2-3-12-29(19)20)25-11-9-15-14-26-18-13-16(22)7-8-17(15)18/h2-3,5,7-8,12-14,26H,4,6,9-11H2,1H3,(H2,23,24,25). The van der Waals surface area contributed by atoms with Gasteiger partial charge in [-0.3, -0.25) is 9.39 Å². The van der Waals surface area contributed by atoms with Gasteiger partial charge in [-0.15, -0.1) is 10.2 Å². The van der Waals surface area contributed by atoms with E-state index < -0.39 is 0 Å². The number of benzene rings is 1. The lowest BCUT2D eigenvalue weighted by Crippen LogP contribution is -2.38. The first kappa shape index (κ1) is 18.9. The van der Waals surface area contributed by atoms with Gasteiger partial charge in [-0.25, -0.2) is 4.39 Å². The van der Waals surface area contributed by atoms with Crippen LogP contribution in [0.3, 0.4) is 0 Å². The molecule has 0 spiro atoms. The SMILES string of the molecule is CN=C(NCCCc1nnc2ccccn12)NCCc1c[nH]c2cc(F)ccc12. The number of nitrogens with zero attached hydrogens (tertiary/aromatic N) is 4. The van der Waals surface area contributed by atoms with Crippen molar-refractivity contribution < 1.29 is 4.39 Å². The molecule has 0 fully saturated rings. The molecule has 0 amide bonds. The van der Waals surface area contributed by atoms with Crippen molar-refractivity contribution in [3.63, 3.8) is 0 Å². The highest BCUT2D eigenvalue weighted by atomic mass is 19.1. The number of aryl methyl sites for hydroxylation is 1. The fourth-order valence-corrected chi connectivity index (χ4v) is 3.42.